The number of fused-ring (bicyclic) bond motifs is 1. The number of hydrogen-bond acceptors (Lipinski definition) is 5. The fourth-order valence-corrected chi connectivity index (χ4v) is 3.77. The first-order valence-corrected chi connectivity index (χ1v) is 10.1. The summed E-state index contributed by atoms with van der Waals surface area (Å²) in [7, 11) is 0. The Morgan fingerprint density at radius 3 is 2.47 bits per heavy atom. The summed E-state index contributed by atoms with van der Waals surface area (Å²) in [6.07, 6.45) is 3.05. The monoisotopic (exact) mass is 405 g/mol. The molecule has 154 valence electrons. The van der Waals surface area contributed by atoms with Crippen LogP contribution < -0.4 is 5.43 Å². The van der Waals surface area contributed by atoms with E-state index in [-0.39, 0.29) is 29.1 Å². The number of esters is 1. The number of piperidine rings is 1. The Balaban J connectivity index is 1.65. The number of ether oxygens (including phenoxy) is 1. The number of amides is 1. The standard InChI is InChI=1S/C24H23NO5/c1-16-21(27)18-11-8-12-19(23(18)30-22(16)17-9-4-2-5-10-17)24(28)29-15-20(26)25-13-6-3-7-14-25/h2,4-5,8-12H,3,6-7,13-15H2,1H3. The van der Waals surface area contributed by atoms with Crippen molar-refractivity contribution < 1.29 is 18.7 Å². The lowest BCUT2D eigenvalue weighted by atomic mass is 10.0. The predicted molar refractivity (Wildman–Crippen MR) is 113 cm³/mol. The van der Waals surface area contributed by atoms with Crippen molar-refractivity contribution in [2.24, 2.45) is 0 Å². The van der Waals surface area contributed by atoms with Crippen molar-refractivity contribution in [2.45, 2.75) is 26.2 Å². The molecule has 1 aromatic heterocycles. The quantitative estimate of drug-likeness (QED) is 0.615. The predicted octanol–water partition coefficient (Wildman–Crippen LogP) is 3.94. The Bertz CT molecular complexity index is 1140. The molecule has 0 bridgehead atoms. The summed E-state index contributed by atoms with van der Waals surface area (Å²) in [6.45, 7) is 2.77. The molecule has 2 aromatic carbocycles. The Morgan fingerprint density at radius 1 is 1.00 bits per heavy atom. The maximum atomic E-state index is 12.9. The number of nitrogens with zero attached hydrogens (tertiary/aromatic N) is 1. The highest BCUT2D eigenvalue weighted by Gasteiger charge is 2.22. The second-order valence-corrected chi connectivity index (χ2v) is 7.45. The zero-order valence-electron chi connectivity index (χ0n) is 16.8. The van der Waals surface area contributed by atoms with Crippen molar-refractivity contribution >= 4 is 22.8 Å². The van der Waals surface area contributed by atoms with Crippen molar-refractivity contribution in [2.75, 3.05) is 19.7 Å². The molecule has 0 aliphatic carbocycles. The number of hydrogen-bond donors (Lipinski definition) is 0. The van der Waals surface area contributed by atoms with Gasteiger partial charge in [0.05, 0.1) is 5.39 Å². The molecule has 0 spiro atoms. The van der Waals surface area contributed by atoms with Crippen molar-refractivity contribution in [3.63, 3.8) is 0 Å². The first-order valence-electron chi connectivity index (χ1n) is 10.1. The number of carbonyl (C=O) groups excluding carboxylic acids is 2. The number of para-hydroxylation sites is 1. The van der Waals surface area contributed by atoms with Crippen LogP contribution in [0.25, 0.3) is 22.3 Å². The molecule has 2 heterocycles. The van der Waals surface area contributed by atoms with Crippen LogP contribution in [-0.2, 0) is 9.53 Å². The van der Waals surface area contributed by atoms with Crippen LogP contribution in [0.5, 0.6) is 0 Å². The van der Waals surface area contributed by atoms with Gasteiger partial charge in [-0.15, -0.1) is 0 Å². The Labute approximate surface area is 174 Å². The summed E-state index contributed by atoms with van der Waals surface area (Å²) in [5, 5.41) is 0.309. The summed E-state index contributed by atoms with van der Waals surface area (Å²) >= 11 is 0. The normalized spacial score (nSPS) is 14.0. The van der Waals surface area contributed by atoms with Gasteiger partial charge in [0.1, 0.15) is 11.3 Å². The molecule has 0 radical (unpaired) electrons. The van der Waals surface area contributed by atoms with E-state index in [0.29, 0.717) is 29.8 Å². The fraction of sp³-hybridized carbons (Fsp3) is 0.292. The highest BCUT2D eigenvalue weighted by molar-refractivity contribution is 6.02. The van der Waals surface area contributed by atoms with Gasteiger partial charge in [-0.3, -0.25) is 9.59 Å². The lowest BCUT2D eigenvalue weighted by Crippen LogP contribution is -2.38. The second kappa shape index (κ2) is 8.53. The van der Waals surface area contributed by atoms with E-state index >= 15 is 0 Å². The molecule has 6 heteroatoms. The number of benzene rings is 2. The van der Waals surface area contributed by atoms with Crippen molar-refractivity contribution in [1.29, 1.82) is 0 Å². The highest BCUT2D eigenvalue weighted by atomic mass is 16.5. The topological polar surface area (TPSA) is 76.8 Å². The van der Waals surface area contributed by atoms with E-state index in [1.165, 1.54) is 0 Å². The van der Waals surface area contributed by atoms with Gasteiger partial charge < -0.3 is 14.1 Å². The highest BCUT2D eigenvalue weighted by Crippen LogP contribution is 2.27. The van der Waals surface area contributed by atoms with Crippen LogP contribution >= 0.6 is 0 Å². The molecule has 1 aliphatic heterocycles. The molecule has 1 saturated heterocycles. The Morgan fingerprint density at radius 2 is 1.73 bits per heavy atom. The summed E-state index contributed by atoms with van der Waals surface area (Å²) in [5.74, 6) is -0.472. The second-order valence-electron chi connectivity index (χ2n) is 7.45. The van der Waals surface area contributed by atoms with Gasteiger partial charge >= 0.3 is 5.97 Å². The van der Waals surface area contributed by atoms with E-state index in [1.807, 2.05) is 30.3 Å². The molecular formula is C24H23NO5. The van der Waals surface area contributed by atoms with Crippen LogP contribution in [0.15, 0.2) is 57.7 Å². The lowest BCUT2D eigenvalue weighted by molar-refractivity contribution is -0.135. The van der Waals surface area contributed by atoms with Gasteiger partial charge in [0.25, 0.3) is 5.91 Å². The maximum absolute atomic E-state index is 12.9. The van der Waals surface area contributed by atoms with Crippen LogP contribution in [0.1, 0.15) is 35.2 Å². The molecule has 1 aliphatic rings. The molecule has 1 amide bonds. The number of likely N-dealkylation sites (tertiary alicyclic amines) is 1. The van der Waals surface area contributed by atoms with Gasteiger partial charge in [-0.2, -0.15) is 0 Å². The summed E-state index contributed by atoms with van der Waals surface area (Å²) in [6, 6.07) is 14.0. The number of carbonyl (C=O) groups is 2. The lowest BCUT2D eigenvalue weighted by Gasteiger charge is -2.26. The third-order valence-corrected chi connectivity index (χ3v) is 5.44. The molecule has 0 N–H and O–H groups in total. The zero-order chi connectivity index (χ0) is 21.1. The van der Waals surface area contributed by atoms with Crippen molar-refractivity contribution in [3.05, 3.63) is 69.9 Å². The van der Waals surface area contributed by atoms with E-state index in [2.05, 4.69) is 0 Å². The SMILES string of the molecule is Cc1c(-c2ccccc2)oc2c(C(=O)OCC(=O)N3CCCCC3)cccc2c1=O. The van der Waals surface area contributed by atoms with Crippen LogP contribution in [-0.4, -0.2) is 36.5 Å². The van der Waals surface area contributed by atoms with Crippen molar-refractivity contribution in [1.82, 2.24) is 4.90 Å². The summed E-state index contributed by atoms with van der Waals surface area (Å²) in [5.41, 5.74) is 1.32. The van der Waals surface area contributed by atoms with E-state index in [1.54, 1.807) is 30.0 Å². The largest absolute Gasteiger partial charge is 0.455 e. The maximum Gasteiger partial charge on any atom is 0.342 e. The molecule has 30 heavy (non-hydrogen) atoms. The summed E-state index contributed by atoms with van der Waals surface area (Å²) in [4.78, 5) is 39.7. The van der Waals surface area contributed by atoms with Gasteiger partial charge in [0.2, 0.25) is 0 Å². The van der Waals surface area contributed by atoms with E-state index < -0.39 is 5.97 Å². The zero-order valence-corrected chi connectivity index (χ0v) is 16.8. The molecule has 0 unspecified atom stereocenters. The Kier molecular flexibility index (Phi) is 5.65. The smallest absolute Gasteiger partial charge is 0.342 e. The average Bonchev–Trinajstić information content (AvgIpc) is 2.80. The van der Waals surface area contributed by atoms with Crippen LogP contribution in [0.2, 0.25) is 0 Å². The van der Waals surface area contributed by atoms with E-state index in [0.717, 1.165) is 24.8 Å². The van der Waals surface area contributed by atoms with Crippen LogP contribution in [0.4, 0.5) is 0 Å². The molecule has 4 rings (SSSR count). The number of rotatable bonds is 4. The molecule has 1 fully saturated rings. The minimum Gasteiger partial charge on any atom is -0.455 e. The van der Waals surface area contributed by atoms with Gasteiger partial charge in [0.15, 0.2) is 17.6 Å². The van der Waals surface area contributed by atoms with Gasteiger partial charge in [0, 0.05) is 24.2 Å². The van der Waals surface area contributed by atoms with Crippen LogP contribution in [0.3, 0.4) is 0 Å². The molecule has 6 nitrogen and oxygen atoms in total. The van der Waals surface area contributed by atoms with E-state index in [4.69, 9.17) is 9.15 Å². The minimum absolute atomic E-state index is 0.133. The molecule has 0 saturated carbocycles. The first kappa shape index (κ1) is 19.9. The molecule has 3 aromatic rings. The van der Waals surface area contributed by atoms with Crippen molar-refractivity contribution in [3.8, 4) is 11.3 Å². The van der Waals surface area contributed by atoms with Crippen LogP contribution in [0, 0.1) is 6.92 Å². The van der Waals surface area contributed by atoms with Gasteiger partial charge in [-0.05, 0) is 38.3 Å². The average molecular weight is 405 g/mol. The Hall–Kier alpha value is -3.41. The fourth-order valence-electron chi connectivity index (χ4n) is 3.77. The first-order chi connectivity index (χ1) is 14.6. The van der Waals surface area contributed by atoms with Gasteiger partial charge in [-0.25, -0.2) is 4.79 Å². The van der Waals surface area contributed by atoms with Gasteiger partial charge in [-0.1, -0.05) is 36.4 Å². The molecule has 0 atom stereocenters. The molecular weight excluding hydrogens is 382 g/mol. The minimum atomic E-state index is -0.683. The third kappa shape index (κ3) is 3.85. The third-order valence-electron chi connectivity index (χ3n) is 5.44. The van der Waals surface area contributed by atoms with E-state index in [9.17, 15) is 14.4 Å². The summed E-state index contributed by atoms with van der Waals surface area (Å²) < 4.78 is 11.3.